The summed E-state index contributed by atoms with van der Waals surface area (Å²) in [6.07, 6.45) is 0. The quantitative estimate of drug-likeness (QED) is 0.497. The molecule has 0 aromatic heterocycles. The van der Waals surface area contributed by atoms with E-state index < -0.39 is 0 Å². The lowest BCUT2D eigenvalue weighted by Gasteiger charge is -2.45. The Hall–Kier alpha value is -2.02. The molecular formula is C21H24BN3P2. The molecular weight excluding hydrogens is 367 g/mol. The van der Waals surface area contributed by atoms with Crippen LogP contribution in [-0.2, 0) is 0 Å². The highest BCUT2D eigenvalue weighted by Crippen LogP contribution is 2.26. The lowest BCUT2D eigenvalue weighted by atomic mass is 9.96. The molecule has 0 amide bonds. The summed E-state index contributed by atoms with van der Waals surface area (Å²) >= 11 is 0. The van der Waals surface area contributed by atoms with Crippen LogP contribution < -0.4 is 30.8 Å². The molecule has 27 heavy (non-hydrogen) atoms. The van der Waals surface area contributed by atoms with E-state index in [2.05, 4.69) is 114 Å². The van der Waals surface area contributed by atoms with Crippen LogP contribution in [0.15, 0.2) is 72.8 Å². The molecule has 1 heterocycles. The van der Waals surface area contributed by atoms with Crippen molar-refractivity contribution in [2.24, 2.45) is 0 Å². The van der Waals surface area contributed by atoms with E-state index in [1.807, 2.05) is 0 Å². The van der Waals surface area contributed by atoms with Crippen molar-refractivity contribution in [2.45, 2.75) is 0 Å². The fraction of sp³-hybridized carbons (Fsp3) is 0.143. The Balaban J connectivity index is 1.66. The molecule has 0 spiro atoms. The van der Waals surface area contributed by atoms with Crippen molar-refractivity contribution < 1.29 is 0 Å². The fourth-order valence-corrected chi connectivity index (χ4v) is 3.75. The summed E-state index contributed by atoms with van der Waals surface area (Å²) in [6, 6.07) is 26.2. The van der Waals surface area contributed by atoms with Crippen LogP contribution in [0, 0.1) is 0 Å². The first-order valence-electron chi connectivity index (χ1n) is 9.11. The Morgan fingerprint density at radius 1 is 0.519 bits per heavy atom. The fourth-order valence-electron chi connectivity index (χ4n) is 3.37. The topological polar surface area (TPSA) is 9.72 Å². The van der Waals surface area contributed by atoms with Gasteiger partial charge in [-0.3, -0.25) is 0 Å². The highest BCUT2D eigenvalue weighted by atomic mass is 31.0. The van der Waals surface area contributed by atoms with Gasteiger partial charge < -0.3 is 14.7 Å². The molecule has 1 saturated heterocycles. The summed E-state index contributed by atoms with van der Waals surface area (Å²) in [5, 5.41) is 2.41. The highest BCUT2D eigenvalue weighted by Gasteiger charge is 2.24. The van der Waals surface area contributed by atoms with E-state index in [1.165, 1.54) is 33.1 Å². The molecule has 0 N–H and O–H groups in total. The minimum atomic E-state index is 0.870. The zero-order valence-corrected chi connectivity index (χ0v) is 17.9. The van der Waals surface area contributed by atoms with Gasteiger partial charge in [-0.1, -0.05) is 41.9 Å². The Morgan fingerprint density at radius 2 is 0.815 bits per heavy atom. The van der Waals surface area contributed by atoms with E-state index in [4.69, 9.17) is 0 Å². The zero-order chi connectivity index (χ0) is 18.8. The van der Waals surface area contributed by atoms with Gasteiger partial charge in [0, 0.05) is 17.1 Å². The van der Waals surface area contributed by atoms with Gasteiger partial charge in [0.05, 0.1) is 20.0 Å². The average Bonchev–Trinajstić information content (AvgIpc) is 2.69. The van der Waals surface area contributed by atoms with Crippen molar-refractivity contribution in [3.8, 4) is 0 Å². The minimum absolute atomic E-state index is 0.870. The van der Waals surface area contributed by atoms with Gasteiger partial charge in [-0.2, -0.15) is 0 Å². The summed E-state index contributed by atoms with van der Waals surface area (Å²) in [7, 11) is 7.65. The van der Waals surface area contributed by atoms with Gasteiger partial charge in [0.15, 0.2) is 0 Å². The first-order valence-corrected chi connectivity index (χ1v) is 10.3. The molecule has 3 aromatic rings. The predicted molar refractivity (Wildman–Crippen MR) is 128 cm³/mol. The zero-order valence-electron chi connectivity index (χ0n) is 15.5. The molecule has 3 aromatic carbocycles. The van der Waals surface area contributed by atoms with E-state index in [-0.39, 0.29) is 0 Å². The van der Waals surface area contributed by atoms with Gasteiger partial charge in [-0.05, 0) is 47.0 Å². The number of anilines is 3. The maximum Gasteiger partial charge on any atom is 0.139 e. The molecule has 0 radical (unpaired) electrons. The second-order valence-electron chi connectivity index (χ2n) is 7.06. The molecule has 1 fully saturated rings. The Kier molecular flexibility index (Phi) is 5.39. The predicted octanol–water partition coefficient (Wildman–Crippen LogP) is 1.65. The molecule has 2 unspecified atom stereocenters. The van der Waals surface area contributed by atoms with Gasteiger partial charge in [0.25, 0.3) is 0 Å². The normalized spacial score (nSPS) is 14.5. The first-order chi connectivity index (χ1) is 13.1. The van der Waals surface area contributed by atoms with Crippen molar-refractivity contribution in [1.82, 2.24) is 0 Å². The Morgan fingerprint density at radius 3 is 1.15 bits per heavy atom. The van der Waals surface area contributed by atoms with Crippen LogP contribution >= 0.6 is 18.5 Å². The SMILES string of the molecule is Bc1ccc(N2CN(c3ccc(P)cc3)CN(c3ccc(P)cc3)C2)cc1. The summed E-state index contributed by atoms with van der Waals surface area (Å²) < 4.78 is 0. The standard InChI is InChI=1S/C21H24BN3P2/c22-16-1-3-17(4-2-16)23-13-24(18-5-9-20(26)10-6-18)15-25(14-23)19-7-11-21(27)12-8-19/h1-12H,13-15,22,26-27H2. The van der Waals surface area contributed by atoms with Gasteiger partial charge in [-0.15, -0.1) is 18.5 Å². The molecule has 1 aliphatic heterocycles. The van der Waals surface area contributed by atoms with Crippen LogP contribution in [0.1, 0.15) is 0 Å². The summed E-state index contributed by atoms with van der Waals surface area (Å²) in [5.41, 5.74) is 5.02. The Labute approximate surface area is 167 Å². The van der Waals surface area contributed by atoms with Crippen LogP contribution in [0.5, 0.6) is 0 Å². The van der Waals surface area contributed by atoms with E-state index in [1.54, 1.807) is 0 Å². The summed E-state index contributed by atoms with van der Waals surface area (Å²) in [4.78, 5) is 7.26. The van der Waals surface area contributed by atoms with Crippen LogP contribution in [0.25, 0.3) is 0 Å². The monoisotopic (exact) mass is 391 g/mol. The van der Waals surface area contributed by atoms with Crippen molar-refractivity contribution in [3.05, 3.63) is 72.8 Å². The highest BCUT2D eigenvalue weighted by molar-refractivity contribution is 7.27. The lowest BCUT2D eigenvalue weighted by molar-refractivity contribution is 0.611. The molecule has 4 rings (SSSR count). The van der Waals surface area contributed by atoms with Gasteiger partial charge in [0.1, 0.15) is 7.85 Å². The molecule has 1 aliphatic rings. The molecule has 0 bridgehead atoms. The molecule has 2 atom stereocenters. The van der Waals surface area contributed by atoms with E-state index in [9.17, 15) is 0 Å². The van der Waals surface area contributed by atoms with E-state index in [0.29, 0.717) is 0 Å². The van der Waals surface area contributed by atoms with Crippen molar-refractivity contribution in [1.29, 1.82) is 0 Å². The summed E-state index contributed by atoms with van der Waals surface area (Å²) in [5.74, 6) is 0. The minimum Gasteiger partial charge on any atom is -0.336 e. The molecule has 0 aliphatic carbocycles. The van der Waals surface area contributed by atoms with E-state index >= 15 is 0 Å². The van der Waals surface area contributed by atoms with Gasteiger partial charge in [-0.25, -0.2) is 0 Å². The second-order valence-corrected chi connectivity index (χ2v) is 8.40. The summed E-state index contributed by atoms with van der Waals surface area (Å²) in [6.45, 7) is 2.61. The van der Waals surface area contributed by atoms with Crippen LogP contribution in [0.3, 0.4) is 0 Å². The van der Waals surface area contributed by atoms with E-state index in [0.717, 1.165) is 20.0 Å². The number of nitrogens with zero attached hydrogens (tertiary/aromatic N) is 3. The third kappa shape index (κ3) is 4.29. The van der Waals surface area contributed by atoms with Gasteiger partial charge >= 0.3 is 0 Å². The molecule has 0 saturated carbocycles. The molecule has 136 valence electrons. The third-order valence-corrected chi connectivity index (χ3v) is 5.71. The van der Waals surface area contributed by atoms with Crippen molar-refractivity contribution in [3.63, 3.8) is 0 Å². The lowest BCUT2D eigenvalue weighted by Crippen LogP contribution is -2.55. The number of hydrogen-bond acceptors (Lipinski definition) is 3. The molecule has 6 heteroatoms. The van der Waals surface area contributed by atoms with Crippen LogP contribution in [0.2, 0.25) is 0 Å². The maximum atomic E-state index is 2.76. The van der Waals surface area contributed by atoms with Gasteiger partial charge in [0.2, 0.25) is 0 Å². The number of hydrogen-bond donors (Lipinski definition) is 0. The van der Waals surface area contributed by atoms with Crippen LogP contribution in [0.4, 0.5) is 17.1 Å². The maximum absolute atomic E-state index is 2.76. The first kappa shape index (κ1) is 18.4. The second kappa shape index (κ2) is 7.93. The number of benzene rings is 3. The molecule has 3 nitrogen and oxygen atoms in total. The Bertz CT molecular complexity index is 770. The smallest absolute Gasteiger partial charge is 0.139 e. The van der Waals surface area contributed by atoms with Crippen LogP contribution in [-0.4, -0.2) is 27.9 Å². The average molecular weight is 391 g/mol. The number of rotatable bonds is 3. The third-order valence-electron chi connectivity index (χ3n) is 4.94. The van der Waals surface area contributed by atoms with Crippen molar-refractivity contribution in [2.75, 3.05) is 34.7 Å². The largest absolute Gasteiger partial charge is 0.336 e. The van der Waals surface area contributed by atoms with Crippen molar-refractivity contribution >= 4 is 59.5 Å².